The number of thiophene rings is 1. The Morgan fingerprint density at radius 1 is 1.32 bits per heavy atom. The molecule has 1 aromatic carbocycles. The van der Waals surface area contributed by atoms with Crippen LogP contribution in [0.2, 0.25) is 0 Å². The predicted octanol–water partition coefficient (Wildman–Crippen LogP) is 4.30. The van der Waals surface area contributed by atoms with Gasteiger partial charge in [0.1, 0.15) is 11.3 Å². The summed E-state index contributed by atoms with van der Waals surface area (Å²) < 4.78 is 49.2. The molecule has 0 saturated carbocycles. The number of benzene rings is 1. The molecule has 2 heterocycles. The van der Waals surface area contributed by atoms with Gasteiger partial charge in [-0.1, -0.05) is 11.2 Å². The monoisotopic (exact) mass is 371 g/mol. The van der Waals surface area contributed by atoms with Crippen molar-refractivity contribution < 1.29 is 27.4 Å². The number of nitrogens with zero attached hydrogens (tertiary/aromatic N) is 3. The summed E-state index contributed by atoms with van der Waals surface area (Å²) in [5.74, 6) is -0.280. The number of hydrogen-bond donors (Lipinski definition) is 0. The van der Waals surface area contributed by atoms with Gasteiger partial charge in [0, 0.05) is 12.1 Å². The molecule has 0 saturated heterocycles. The Kier molecular flexibility index (Phi) is 4.40. The second-order valence-electron chi connectivity index (χ2n) is 4.71. The molecule has 7 nitrogen and oxygen atoms in total. The second-order valence-corrected chi connectivity index (χ2v) is 5.66. The zero-order valence-electron chi connectivity index (χ0n) is 12.2. The van der Waals surface area contributed by atoms with E-state index in [-0.39, 0.29) is 5.89 Å². The molecule has 11 heteroatoms. The lowest BCUT2D eigenvalue weighted by atomic mass is 10.1. The molecule has 0 unspecified atom stereocenters. The van der Waals surface area contributed by atoms with Crippen molar-refractivity contribution in [3.63, 3.8) is 0 Å². The summed E-state index contributed by atoms with van der Waals surface area (Å²) in [4.78, 5) is 14.5. The number of non-ortho nitro benzene ring substituents is 1. The Hall–Kier alpha value is -2.95. The Bertz CT molecular complexity index is 893. The van der Waals surface area contributed by atoms with Crippen molar-refractivity contribution in [2.45, 2.75) is 12.8 Å². The van der Waals surface area contributed by atoms with Crippen LogP contribution >= 0.6 is 11.3 Å². The lowest BCUT2D eigenvalue weighted by molar-refractivity contribution is -0.385. The van der Waals surface area contributed by atoms with Gasteiger partial charge < -0.3 is 9.26 Å². The van der Waals surface area contributed by atoms with Crippen LogP contribution in [-0.2, 0) is 12.8 Å². The molecule has 25 heavy (non-hydrogen) atoms. The highest BCUT2D eigenvalue weighted by Crippen LogP contribution is 2.38. The first-order valence-electron chi connectivity index (χ1n) is 6.69. The number of nitro groups is 1. The van der Waals surface area contributed by atoms with Gasteiger partial charge in [-0.2, -0.15) is 18.2 Å². The van der Waals surface area contributed by atoms with Gasteiger partial charge in [0.25, 0.3) is 11.6 Å². The fourth-order valence-electron chi connectivity index (χ4n) is 1.94. The maximum absolute atomic E-state index is 13.1. The normalized spacial score (nSPS) is 11.5. The minimum Gasteiger partial charge on any atom is -0.483 e. The van der Waals surface area contributed by atoms with Crippen LogP contribution in [0.5, 0.6) is 5.75 Å². The highest BCUT2D eigenvalue weighted by atomic mass is 32.1. The lowest BCUT2D eigenvalue weighted by Gasteiger charge is -2.12. The van der Waals surface area contributed by atoms with E-state index in [2.05, 4.69) is 10.1 Å². The molecule has 0 radical (unpaired) electrons. The number of rotatable bonds is 5. The fourth-order valence-corrected chi connectivity index (χ4v) is 2.59. The molecule has 3 aromatic rings. The summed E-state index contributed by atoms with van der Waals surface area (Å²) in [6.45, 7) is -0.404. The van der Waals surface area contributed by atoms with E-state index in [4.69, 9.17) is 9.26 Å². The molecule has 130 valence electrons. The highest BCUT2D eigenvalue weighted by Gasteiger charge is 2.36. The lowest BCUT2D eigenvalue weighted by Crippen LogP contribution is -2.09. The zero-order valence-corrected chi connectivity index (χ0v) is 13.0. The average molecular weight is 371 g/mol. The van der Waals surface area contributed by atoms with Crippen molar-refractivity contribution in [3.8, 4) is 16.5 Å². The van der Waals surface area contributed by atoms with Crippen LogP contribution in [-0.4, -0.2) is 15.1 Å². The average Bonchev–Trinajstić information content (AvgIpc) is 3.23. The van der Waals surface area contributed by atoms with E-state index in [1.54, 1.807) is 12.1 Å². The van der Waals surface area contributed by atoms with Crippen molar-refractivity contribution in [2.75, 3.05) is 0 Å². The molecule has 3 rings (SSSR count). The molecule has 0 fully saturated rings. The van der Waals surface area contributed by atoms with Crippen molar-refractivity contribution in [3.05, 3.63) is 57.3 Å². The molecule has 2 aromatic heterocycles. The number of hydrogen-bond acceptors (Lipinski definition) is 7. The fraction of sp³-hybridized carbons (Fsp3) is 0.143. The van der Waals surface area contributed by atoms with Gasteiger partial charge in [0.15, 0.2) is 6.61 Å². The third kappa shape index (κ3) is 3.76. The summed E-state index contributed by atoms with van der Waals surface area (Å²) in [7, 11) is 0. The highest BCUT2D eigenvalue weighted by molar-refractivity contribution is 7.13. The van der Waals surface area contributed by atoms with Gasteiger partial charge in [-0.3, -0.25) is 10.1 Å². The third-order valence-corrected chi connectivity index (χ3v) is 3.91. The summed E-state index contributed by atoms with van der Waals surface area (Å²) in [5, 5.41) is 16.2. The van der Waals surface area contributed by atoms with E-state index in [0.29, 0.717) is 11.9 Å². The van der Waals surface area contributed by atoms with Crippen LogP contribution in [0.15, 0.2) is 40.2 Å². The Labute approximate surface area is 141 Å². The maximum atomic E-state index is 13.1. The van der Waals surface area contributed by atoms with Crippen LogP contribution in [0, 0.1) is 10.1 Å². The van der Waals surface area contributed by atoms with Gasteiger partial charge in [0.2, 0.25) is 5.82 Å². The van der Waals surface area contributed by atoms with E-state index < -0.39 is 34.7 Å². The van der Waals surface area contributed by atoms with Crippen LogP contribution in [0.25, 0.3) is 10.7 Å². The van der Waals surface area contributed by atoms with Crippen molar-refractivity contribution in [2.24, 2.45) is 0 Å². The summed E-state index contributed by atoms with van der Waals surface area (Å²) >= 11 is 1.38. The van der Waals surface area contributed by atoms with Crippen LogP contribution in [0.4, 0.5) is 18.9 Å². The second kappa shape index (κ2) is 6.51. The predicted molar refractivity (Wildman–Crippen MR) is 80.0 cm³/mol. The first-order valence-corrected chi connectivity index (χ1v) is 7.57. The third-order valence-electron chi connectivity index (χ3n) is 3.04. The van der Waals surface area contributed by atoms with Gasteiger partial charge in [0.05, 0.1) is 9.80 Å². The number of halogens is 3. The molecule has 0 atom stereocenters. The van der Waals surface area contributed by atoms with Gasteiger partial charge in [-0.25, -0.2) is 0 Å². The molecule has 0 aliphatic carbocycles. The standard InChI is InChI=1S/C14H8F3N3O4S/c15-14(16,17)9-6-8(20(21)22)3-4-10(9)23-7-12-18-13(19-24-12)11-2-1-5-25-11/h1-6H,7H2. The summed E-state index contributed by atoms with van der Waals surface area (Å²) in [6.07, 6.45) is -4.81. The van der Waals surface area contributed by atoms with Crippen molar-refractivity contribution in [1.29, 1.82) is 0 Å². The molecular formula is C14H8F3N3O4S. The van der Waals surface area contributed by atoms with E-state index in [9.17, 15) is 23.3 Å². The molecule has 0 aliphatic rings. The minimum atomic E-state index is -4.81. The van der Waals surface area contributed by atoms with E-state index in [0.717, 1.165) is 17.0 Å². The summed E-state index contributed by atoms with van der Waals surface area (Å²) in [5.41, 5.74) is -1.93. The summed E-state index contributed by atoms with van der Waals surface area (Å²) in [6, 6.07) is 5.78. The largest absolute Gasteiger partial charge is 0.483 e. The molecule has 0 amide bonds. The quantitative estimate of drug-likeness (QED) is 0.490. The number of aromatic nitrogens is 2. The van der Waals surface area contributed by atoms with Crippen LogP contribution in [0.1, 0.15) is 11.5 Å². The SMILES string of the molecule is O=[N+]([O-])c1ccc(OCc2nc(-c3cccs3)no2)c(C(F)(F)F)c1. The molecule has 0 bridgehead atoms. The zero-order chi connectivity index (χ0) is 18.0. The first-order chi connectivity index (χ1) is 11.8. The van der Waals surface area contributed by atoms with E-state index in [1.165, 1.54) is 11.3 Å². The molecular weight excluding hydrogens is 363 g/mol. The van der Waals surface area contributed by atoms with Crippen LogP contribution in [0.3, 0.4) is 0 Å². The Morgan fingerprint density at radius 2 is 2.12 bits per heavy atom. The van der Waals surface area contributed by atoms with Crippen molar-refractivity contribution in [1.82, 2.24) is 10.1 Å². The van der Waals surface area contributed by atoms with Crippen LogP contribution < -0.4 is 4.74 Å². The number of alkyl halides is 3. The van der Waals surface area contributed by atoms with E-state index >= 15 is 0 Å². The number of nitro benzene ring substituents is 1. The molecule has 0 N–H and O–H groups in total. The topological polar surface area (TPSA) is 91.3 Å². The van der Waals surface area contributed by atoms with Gasteiger partial charge in [-0.15, -0.1) is 11.3 Å². The minimum absolute atomic E-state index is 0.0186. The molecule has 0 aliphatic heterocycles. The number of ether oxygens (including phenoxy) is 1. The molecule has 0 spiro atoms. The first kappa shape index (κ1) is 16.9. The van der Waals surface area contributed by atoms with E-state index in [1.807, 2.05) is 5.38 Å². The maximum Gasteiger partial charge on any atom is 0.420 e. The Morgan fingerprint density at radius 3 is 2.76 bits per heavy atom. The Balaban J connectivity index is 1.80. The van der Waals surface area contributed by atoms with Crippen molar-refractivity contribution >= 4 is 17.0 Å². The van der Waals surface area contributed by atoms with Gasteiger partial charge in [-0.05, 0) is 17.5 Å². The smallest absolute Gasteiger partial charge is 0.420 e. The van der Waals surface area contributed by atoms with Gasteiger partial charge >= 0.3 is 6.18 Å².